The van der Waals surface area contributed by atoms with Crippen molar-refractivity contribution in [3.05, 3.63) is 48.2 Å². The molecule has 3 aromatic rings. The lowest BCUT2D eigenvalue weighted by atomic mass is 9.92. The van der Waals surface area contributed by atoms with Crippen molar-refractivity contribution in [1.29, 1.82) is 0 Å². The second-order valence-electron chi connectivity index (χ2n) is 9.04. The molecule has 1 saturated heterocycles. The number of benzene rings is 2. The third-order valence-corrected chi connectivity index (χ3v) is 6.65. The topological polar surface area (TPSA) is 47.4 Å². The van der Waals surface area contributed by atoms with Crippen LogP contribution in [0.5, 0.6) is 5.75 Å². The van der Waals surface area contributed by atoms with Crippen molar-refractivity contribution < 1.29 is 18.3 Å². The number of carbonyl (C=O) groups excluding carboxylic acids is 1. The van der Waals surface area contributed by atoms with Crippen LogP contribution in [0, 0.1) is 17.6 Å². The molecule has 0 bridgehead atoms. The average Bonchev–Trinajstić information content (AvgIpc) is 3.14. The van der Waals surface area contributed by atoms with E-state index < -0.39 is 11.6 Å². The molecular weight excluding hydrogens is 412 g/mol. The van der Waals surface area contributed by atoms with Crippen molar-refractivity contribution in [2.24, 2.45) is 5.92 Å². The second-order valence-corrected chi connectivity index (χ2v) is 9.04. The van der Waals surface area contributed by atoms with Crippen LogP contribution in [0.1, 0.15) is 45.4 Å². The molecule has 0 atom stereocenters. The van der Waals surface area contributed by atoms with Gasteiger partial charge in [0.2, 0.25) is 0 Å². The van der Waals surface area contributed by atoms with E-state index in [1.54, 1.807) is 22.7 Å². The molecule has 0 amide bonds. The highest BCUT2D eigenvalue weighted by Crippen LogP contribution is 2.33. The summed E-state index contributed by atoms with van der Waals surface area (Å²) >= 11 is 0. The molecule has 2 fully saturated rings. The Labute approximate surface area is 186 Å². The Balaban J connectivity index is 1.40. The lowest BCUT2D eigenvalue weighted by Crippen LogP contribution is -2.35. The van der Waals surface area contributed by atoms with Crippen molar-refractivity contribution in [3.63, 3.8) is 0 Å². The minimum absolute atomic E-state index is 0.000456. The molecule has 7 heteroatoms. The van der Waals surface area contributed by atoms with Crippen LogP contribution in [0.3, 0.4) is 0 Å². The van der Waals surface area contributed by atoms with Gasteiger partial charge in [0.1, 0.15) is 17.2 Å². The highest BCUT2D eigenvalue weighted by molar-refractivity contribution is 5.82. The molecule has 1 saturated carbocycles. The fourth-order valence-electron chi connectivity index (χ4n) is 4.70. The van der Waals surface area contributed by atoms with Gasteiger partial charge in [-0.25, -0.2) is 13.5 Å². The fraction of sp³-hybridized carbons (Fsp3) is 0.440. The number of anilines is 1. The van der Waals surface area contributed by atoms with Crippen molar-refractivity contribution in [2.75, 3.05) is 18.0 Å². The molecule has 2 aliphatic rings. The van der Waals surface area contributed by atoms with E-state index in [9.17, 15) is 4.79 Å². The molecule has 1 aromatic heterocycles. The number of aromatic nitrogens is 2. The minimum atomic E-state index is -0.601. The third-order valence-electron chi connectivity index (χ3n) is 6.65. The standard InChI is InChI=1S/C25H27F2N3O2/c1-16(31)11-17-7-9-29(10-8-17)25-22(26)12-19(13-23(25)27)30-24-14-21(32-20-3-2-4-20)6-5-18(24)15-28-30/h5-6,12-15,17,20H,2-4,7-11H2,1H3. The Morgan fingerprint density at radius 2 is 1.81 bits per heavy atom. The van der Waals surface area contributed by atoms with E-state index in [1.165, 1.54) is 18.6 Å². The summed E-state index contributed by atoms with van der Waals surface area (Å²) in [4.78, 5) is 13.1. The summed E-state index contributed by atoms with van der Waals surface area (Å²) in [6.45, 7) is 2.67. The highest BCUT2D eigenvalue weighted by atomic mass is 19.1. The van der Waals surface area contributed by atoms with Crippen molar-refractivity contribution in [3.8, 4) is 11.4 Å². The van der Waals surface area contributed by atoms with Crippen LogP contribution in [0.15, 0.2) is 36.5 Å². The van der Waals surface area contributed by atoms with E-state index in [0.717, 1.165) is 42.3 Å². The highest BCUT2D eigenvalue weighted by Gasteiger charge is 2.25. The Bertz CT molecular complexity index is 1120. The predicted molar refractivity (Wildman–Crippen MR) is 119 cm³/mol. The first-order chi connectivity index (χ1) is 15.5. The number of carbonyl (C=O) groups is 1. The monoisotopic (exact) mass is 439 g/mol. The van der Waals surface area contributed by atoms with Gasteiger partial charge >= 0.3 is 0 Å². The number of hydrogen-bond acceptors (Lipinski definition) is 4. The van der Waals surface area contributed by atoms with E-state index in [2.05, 4.69) is 5.10 Å². The molecule has 0 spiro atoms. The quantitative estimate of drug-likeness (QED) is 0.514. The number of fused-ring (bicyclic) bond motifs is 1. The molecule has 0 N–H and O–H groups in total. The normalized spacial score (nSPS) is 17.5. The van der Waals surface area contributed by atoms with Crippen LogP contribution >= 0.6 is 0 Å². The van der Waals surface area contributed by atoms with Crippen molar-refractivity contribution >= 4 is 22.4 Å². The molecule has 5 rings (SSSR count). The van der Waals surface area contributed by atoms with Crippen LogP contribution in [0.2, 0.25) is 0 Å². The van der Waals surface area contributed by atoms with Crippen LogP contribution in [0.4, 0.5) is 14.5 Å². The molecule has 2 heterocycles. The van der Waals surface area contributed by atoms with Crippen molar-refractivity contribution in [1.82, 2.24) is 9.78 Å². The lowest BCUT2D eigenvalue weighted by molar-refractivity contribution is -0.118. The molecule has 1 aliphatic carbocycles. The maximum atomic E-state index is 15.1. The van der Waals surface area contributed by atoms with E-state index in [4.69, 9.17) is 4.74 Å². The van der Waals surface area contributed by atoms with Crippen LogP contribution < -0.4 is 9.64 Å². The fourth-order valence-corrected chi connectivity index (χ4v) is 4.70. The van der Waals surface area contributed by atoms with E-state index in [-0.39, 0.29) is 17.6 Å². The second kappa shape index (κ2) is 8.52. The molecular formula is C25H27F2N3O2. The average molecular weight is 440 g/mol. The number of hydrogen-bond donors (Lipinski definition) is 0. The Morgan fingerprint density at radius 1 is 1.09 bits per heavy atom. The van der Waals surface area contributed by atoms with Gasteiger partial charge in [-0.3, -0.25) is 0 Å². The zero-order valence-electron chi connectivity index (χ0n) is 18.2. The summed E-state index contributed by atoms with van der Waals surface area (Å²) in [5.74, 6) is -0.000167. The van der Waals surface area contributed by atoms with Gasteiger partial charge in [0.25, 0.3) is 0 Å². The number of piperidine rings is 1. The van der Waals surface area contributed by atoms with Crippen LogP contribution in [-0.2, 0) is 4.79 Å². The summed E-state index contributed by atoms with van der Waals surface area (Å²) in [6.07, 6.45) is 7.29. The summed E-state index contributed by atoms with van der Waals surface area (Å²) in [5, 5.41) is 5.24. The summed E-state index contributed by atoms with van der Waals surface area (Å²) in [6, 6.07) is 8.38. The van der Waals surface area contributed by atoms with E-state index >= 15 is 8.78 Å². The Hall–Kier alpha value is -2.96. The van der Waals surface area contributed by atoms with Gasteiger partial charge < -0.3 is 14.4 Å². The van der Waals surface area contributed by atoms with E-state index in [0.29, 0.717) is 31.1 Å². The molecule has 0 unspecified atom stereocenters. The van der Waals surface area contributed by atoms with Gasteiger partial charge in [-0.2, -0.15) is 5.10 Å². The van der Waals surface area contributed by atoms with E-state index in [1.807, 2.05) is 18.2 Å². The number of rotatable bonds is 6. The molecule has 5 nitrogen and oxygen atoms in total. The first-order valence-corrected chi connectivity index (χ1v) is 11.4. The zero-order chi connectivity index (χ0) is 22.2. The SMILES string of the molecule is CC(=O)CC1CCN(c2c(F)cc(-n3ncc4ccc(OC5CCC5)cc43)cc2F)CC1. The van der Waals surface area contributed by atoms with Gasteiger partial charge in [-0.15, -0.1) is 0 Å². The molecule has 32 heavy (non-hydrogen) atoms. The number of Topliss-reactive ketones (excluding diaryl/α,β-unsaturated/α-hetero) is 1. The molecule has 2 aromatic carbocycles. The number of ether oxygens (including phenoxy) is 1. The largest absolute Gasteiger partial charge is 0.490 e. The van der Waals surface area contributed by atoms with Gasteiger partial charge in [0.05, 0.1) is 23.5 Å². The van der Waals surface area contributed by atoms with Gasteiger partial charge in [-0.05, 0) is 57.1 Å². The molecule has 168 valence electrons. The number of nitrogens with zero attached hydrogens (tertiary/aromatic N) is 3. The molecule has 0 radical (unpaired) electrons. The molecule has 1 aliphatic heterocycles. The number of halogens is 2. The Kier molecular flexibility index (Phi) is 5.57. The minimum Gasteiger partial charge on any atom is -0.490 e. The summed E-state index contributed by atoms with van der Waals surface area (Å²) in [7, 11) is 0. The summed E-state index contributed by atoms with van der Waals surface area (Å²) < 4.78 is 37.7. The van der Waals surface area contributed by atoms with Crippen molar-refractivity contribution in [2.45, 2.75) is 51.6 Å². The third kappa shape index (κ3) is 4.08. The maximum absolute atomic E-state index is 15.1. The van der Waals surface area contributed by atoms with Gasteiger partial charge in [-0.1, -0.05) is 0 Å². The smallest absolute Gasteiger partial charge is 0.151 e. The lowest BCUT2D eigenvalue weighted by Gasteiger charge is -2.33. The van der Waals surface area contributed by atoms with Gasteiger partial charge in [0, 0.05) is 43.1 Å². The summed E-state index contributed by atoms with van der Waals surface area (Å²) in [5.41, 5.74) is 1.09. The first-order valence-electron chi connectivity index (χ1n) is 11.4. The maximum Gasteiger partial charge on any atom is 0.151 e. The van der Waals surface area contributed by atoms with Gasteiger partial charge in [0.15, 0.2) is 11.6 Å². The van der Waals surface area contributed by atoms with Crippen LogP contribution in [0.25, 0.3) is 16.6 Å². The zero-order valence-corrected chi connectivity index (χ0v) is 18.2. The Morgan fingerprint density at radius 3 is 2.44 bits per heavy atom. The predicted octanol–water partition coefficient (Wildman–Crippen LogP) is 5.43. The van der Waals surface area contributed by atoms with Crippen LogP contribution in [-0.4, -0.2) is 34.8 Å². The number of ketones is 1. The first kappa shape index (κ1) is 20.9.